The summed E-state index contributed by atoms with van der Waals surface area (Å²) in [6.45, 7) is 4.26. The van der Waals surface area contributed by atoms with Gasteiger partial charge in [-0.05, 0) is 48.3 Å². The molecule has 1 aromatic rings. The molecule has 0 bridgehead atoms. The van der Waals surface area contributed by atoms with Crippen LogP contribution in [0, 0.1) is 17.1 Å². The van der Waals surface area contributed by atoms with E-state index in [0.29, 0.717) is 18.7 Å². The van der Waals surface area contributed by atoms with Gasteiger partial charge >= 0.3 is 5.97 Å². The molecule has 0 atom stereocenters. The van der Waals surface area contributed by atoms with Gasteiger partial charge in [-0.15, -0.1) is 0 Å². The number of carbonyl (C=O) groups is 1. The smallest absolute Gasteiger partial charge is 0.303 e. The van der Waals surface area contributed by atoms with E-state index in [1.54, 1.807) is 17.0 Å². The Labute approximate surface area is 125 Å². The van der Waals surface area contributed by atoms with Gasteiger partial charge in [0.15, 0.2) is 5.82 Å². The first kappa shape index (κ1) is 16.4. The molecule has 0 aromatic heterocycles. The Balaban J connectivity index is 3.01. The van der Waals surface area contributed by atoms with Gasteiger partial charge in [0.05, 0.1) is 15.7 Å². The number of nitrogens with zero attached hydrogens (tertiary/aromatic N) is 2. The lowest BCUT2D eigenvalue weighted by Crippen LogP contribution is -2.32. The molecule has 0 aliphatic carbocycles. The van der Waals surface area contributed by atoms with Crippen molar-refractivity contribution in [3.05, 3.63) is 28.0 Å². The summed E-state index contributed by atoms with van der Waals surface area (Å²) in [5, 5.41) is 17.5. The molecule has 4 nitrogen and oxygen atoms in total. The lowest BCUT2D eigenvalue weighted by atomic mass is 10.1. The minimum Gasteiger partial charge on any atom is -0.481 e. The van der Waals surface area contributed by atoms with Crippen molar-refractivity contribution in [2.75, 3.05) is 11.4 Å². The molecule has 0 saturated heterocycles. The number of carboxylic acid groups (broad SMARTS) is 1. The third-order valence-electron chi connectivity index (χ3n) is 2.90. The van der Waals surface area contributed by atoms with Gasteiger partial charge in [0.1, 0.15) is 6.07 Å². The van der Waals surface area contributed by atoms with Gasteiger partial charge in [0.2, 0.25) is 0 Å². The molecule has 6 heteroatoms. The fourth-order valence-electron chi connectivity index (χ4n) is 1.90. The summed E-state index contributed by atoms with van der Waals surface area (Å²) in [4.78, 5) is 12.4. The van der Waals surface area contributed by atoms with Crippen molar-refractivity contribution in [1.82, 2.24) is 0 Å². The van der Waals surface area contributed by atoms with Crippen molar-refractivity contribution in [2.24, 2.45) is 0 Å². The molecular formula is C14H16BrFN2O2. The maximum Gasteiger partial charge on any atom is 0.303 e. The molecule has 20 heavy (non-hydrogen) atoms. The molecule has 1 N–H and O–H groups in total. The molecule has 0 aliphatic rings. The zero-order chi connectivity index (χ0) is 15.3. The van der Waals surface area contributed by atoms with E-state index >= 15 is 0 Å². The molecule has 108 valence electrons. The number of anilines is 1. The first-order chi connectivity index (χ1) is 9.38. The quantitative estimate of drug-likeness (QED) is 0.858. The predicted molar refractivity (Wildman–Crippen MR) is 78.2 cm³/mol. The van der Waals surface area contributed by atoms with Gasteiger partial charge in [-0.25, -0.2) is 4.39 Å². The Hall–Kier alpha value is -1.61. The number of carboxylic acids is 1. The van der Waals surface area contributed by atoms with E-state index in [9.17, 15) is 9.18 Å². The number of benzene rings is 1. The van der Waals surface area contributed by atoms with Crippen LogP contribution in [0.3, 0.4) is 0 Å². The zero-order valence-electron chi connectivity index (χ0n) is 11.4. The number of halogens is 2. The highest BCUT2D eigenvalue weighted by atomic mass is 79.9. The van der Waals surface area contributed by atoms with Crippen molar-refractivity contribution in [1.29, 1.82) is 5.26 Å². The SMILES string of the molecule is CC(C)N(CCCC(=O)O)c1ccc(C#N)c(Br)c1F. The van der Waals surface area contributed by atoms with E-state index in [4.69, 9.17) is 10.4 Å². The number of hydrogen-bond acceptors (Lipinski definition) is 3. The summed E-state index contributed by atoms with van der Waals surface area (Å²) in [6, 6.07) is 5.04. The second-order valence-corrected chi connectivity index (χ2v) is 5.45. The summed E-state index contributed by atoms with van der Waals surface area (Å²) in [7, 11) is 0. The Morgan fingerprint density at radius 1 is 1.55 bits per heavy atom. The summed E-state index contributed by atoms with van der Waals surface area (Å²) >= 11 is 3.08. The number of nitriles is 1. The van der Waals surface area contributed by atoms with E-state index in [-0.39, 0.29) is 22.5 Å². The van der Waals surface area contributed by atoms with Crippen molar-refractivity contribution >= 4 is 27.6 Å². The fourth-order valence-corrected chi connectivity index (χ4v) is 2.33. The van der Waals surface area contributed by atoms with E-state index in [2.05, 4.69) is 15.9 Å². The van der Waals surface area contributed by atoms with Crippen molar-refractivity contribution in [2.45, 2.75) is 32.7 Å². The third kappa shape index (κ3) is 3.94. The average molecular weight is 343 g/mol. The maximum absolute atomic E-state index is 14.3. The highest BCUT2D eigenvalue weighted by molar-refractivity contribution is 9.10. The van der Waals surface area contributed by atoms with Gasteiger partial charge in [0.25, 0.3) is 0 Å². The van der Waals surface area contributed by atoms with Crippen LogP contribution < -0.4 is 4.90 Å². The average Bonchev–Trinajstić information content (AvgIpc) is 2.38. The zero-order valence-corrected chi connectivity index (χ0v) is 12.9. The minimum atomic E-state index is -0.866. The van der Waals surface area contributed by atoms with Crippen LogP contribution in [-0.4, -0.2) is 23.7 Å². The summed E-state index contributed by atoms with van der Waals surface area (Å²) < 4.78 is 14.4. The molecule has 0 spiro atoms. The van der Waals surface area contributed by atoms with Gasteiger partial charge in [0, 0.05) is 19.0 Å². The first-order valence-corrected chi connectivity index (χ1v) is 7.04. The Kier molecular flexibility index (Phi) is 5.96. The van der Waals surface area contributed by atoms with Gasteiger partial charge in [-0.2, -0.15) is 5.26 Å². The molecule has 1 aromatic carbocycles. The van der Waals surface area contributed by atoms with Crippen LogP contribution in [0.25, 0.3) is 0 Å². The largest absolute Gasteiger partial charge is 0.481 e. The van der Waals surface area contributed by atoms with Crippen molar-refractivity contribution in [3.63, 3.8) is 0 Å². The Morgan fingerprint density at radius 2 is 2.20 bits per heavy atom. The molecule has 0 radical (unpaired) electrons. The monoisotopic (exact) mass is 342 g/mol. The van der Waals surface area contributed by atoms with Gasteiger partial charge in [-0.3, -0.25) is 4.79 Å². The van der Waals surface area contributed by atoms with Crippen LogP contribution in [-0.2, 0) is 4.79 Å². The summed E-state index contributed by atoms with van der Waals surface area (Å²) in [5.74, 6) is -1.36. The molecule has 0 saturated carbocycles. The number of rotatable bonds is 6. The Bertz CT molecular complexity index is 541. The number of hydrogen-bond donors (Lipinski definition) is 1. The molecule has 1 rings (SSSR count). The van der Waals surface area contributed by atoms with Gasteiger partial charge < -0.3 is 10.0 Å². The third-order valence-corrected chi connectivity index (χ3v) is 3.68. The molecule has 0 heterocycles. The van der Waals surface area contributed by atoms with Gasteiger partial charge in [-0.1, -0.05) is 0 Å². The second kappa shape index (κ2) is 7.25. The fraction of sp³-hybridized carbons (Fsp3) is 0.429. The highest BCUT2D eigenvalue weighted by Gasteiger charge is 2.18. The van der Waals surface area contributed by atoms with Crippen LogP contribution >= 0.6 is 15.9 Å². The molecule has 0 unspecified atom stereocenters. The van der Waals surface area contributed by atoms with E-state index < -0.39 is 11.8 Å². The van der Waals surface area contributed by atoms with Crippen LogP contribution in [0.1, 0.15) is 32.3 Å². The molecular weight excluding hydrogens is 327 g/mol. The van der Waals surface area contributed by atoms with Crippen LogP contribution in [0.2, 0.25) is 0 Å². The number of aliphatic carboxylic acids is 1. The normalized spacial score (nSPS) is 10.4. The molecule has 0 amide bonds. The van der Waals surface area contributed by atoms with E-state index in [1.165, 1.54) is 0 Å². The van der Waals surface area contributed by atoms with Crippen LogP contribution in [0.15, 0.2) is 16.6 Å². The lowest BCUT2D eigenvalue weighted by molar-refractivity contribution is -0.137. The summed E-state index contributed by atoms with van der Waals surface area (Å²) in [6.07, 6.45) is 0.479. The van der Waals surface area contributed by atoms with Crippen LogP contribution in [0.4, 0.5) is 10.1 Å². The van der Waals surface area contributed by atoms with E-state index in [0.717, 1.165) is 0 Å². The summed E-state index contributed by atoms with van der Waals surface area (Å²) in [5.41, 5.74) is 0.608. The lowest BCUT2D eigenvalue weighted by Gasteiger charge is -2.29. The topological polar surface area (TPSA) is 64.3 Å². The van der Waals surface area contributed by atoms with Crippen molar-refractivity contribution < 1.29 is 14.3 Å². The standard InChI is InChI=1S/C14H16BrFN2O2/c1-9(2)18(7-3-4-12(19)20)11-6-5-10(8-17)13(15)14(11)16/h5-6,9H,3-4,7H2,1-2H3,(H,19,20). The Morgan fingerprint density at radius 3 is 2.70 bits per heavy atom. The maximum atomic E-state index is 14.3. The minimum absolute atomic E-state index is 0.0260. The second-order valence-electron chi connectivity index (χ2n) is 4.66. The predicted octanol–water partition coefficient (Wildman–Crippen LogP) is 3.54. The molecule has 0 fully saturated rings. The highest BCUT2D eigenvalue weighted by Crippen LogP contribution is 2.30. The first-order valence-electron chi connectivity index (χ1n) is 6.25. The van der Waals surface area contributed by atoms with Crippen molar-refractivity contribution in [3.8, 4) is 6.07 Å². The molecule has 0 aliphatic heterocycles. The van der Waals surface area contributed by atoms with Crippen LogP contribution in [0.5, 0.6) is 0 Å². The van der Waals surface area contributed by atoms with E-state index in [1.807, 2.05) is 19.9 Å².